The summed E-state index contributed by atoms with van der Waals surface area (Å²) < 4.78 is 16.8. The van der Waals surface area contributed by atoms with Crippen LogP contribution in [0.15, 0.2) is 36.4 Å². The summed E-state index contributed by atoms with van der Waals surface area (Å²) in [5.41, 5.74) is 0.832. The van der Waals surface area contributed by atoms with E-state index in [9.17, 15) is 5.11 Å². The average molecular weight is 582 g/mol. The molecule has 4 aromatic rings. The Labute approximate surface area is 242 Å². The number of hydrogen-bond donors (Lipinski definition) is 2. The van der Waals surface area contributed by atoms with E-state index in [1.54, 1.807) is 24.3 Å². The second-order valence-corrected chi connectivity index (χ2v) is 12.3. The van der Waals surface area contributed by atoms with Crippen molar-refractivity contribution in [3.05, 3.63) is 52.3 Å². The predicted octanol–water partition coefficient (Wildman–Crippen LogP) is 5.68. The third kappa shape index (κ3) is 4.24. The van der Waals surface area contributed by atoms with Gasteiger partial charge in [0.2, 0.25) is 5.95 Å². The van der Waals surface area contributed by atoms with Gasteiger partial charge in [0, 0.05) is 65.7 Å². The van der Waals surface area contributed by atoms with Crippen LogP contribution in [0.25, 0.3) is 32.8 Å². The number of anilines is 2. The summed E-state index contributed by atoms with van der Waals surface area (Å²) in [5, 5.41) is 16.8. The van der Waals surface area contributed by atoms with E-state index in [4.69, 9.17) is 33.2 Å². The molecule has 0 radical (unpaired) electrons. The van der Waals surface area contributed by atoms with Gasteiger partial charge in [0.05, 0.1) is 5.02 Å². The van der Waals surface area contributed by atoms with Gasteiger partial charge in [-0.2, -0.15) is 4.98 Å². The standard InChI is InChI=1S/C30H31Cl2FN6O/c1-37(2)19-14-38(15-19)30-35-28-22(29(36-30)39-13-17-6-4-7-18(39)12-34-17)11-24(32)26(27(28)33)21-10-20(40)9-16-5-3-8-23(31)25(16)21/h3,5,8-11,17-19,34,40H,4,6-7,12-15H2,1-2H3. The first-order valence-corrected chi connectivity index (χ1v) is 14.6. The molecule has 40 heavy (non-hydrogen) atoms. The first kappa shape index (κ1) is 26.0. The maximum atomic E-state index is 16.8. The van der Waals surface area contributed by atoms with E-state index < -0.39 is 5.82 Å². The van der Waals surface area contributed by atoms with Gasteiger partial charge in [-0.1, -0.05) is 35.3 Å². The fourth-order valence-electron chi connectivity index (χ4n) is 6.46. The van der Waals surface area contributed by atoms with Crippen LogP contribution in [0.3, 0.4) is 0 Å². The maximum absolute atomic E-state index is 16.8. The molecule has 0 amide bonds. The lowest BCUT2D eigenvalue weighted by atomic mass is 9.96. The van der Waals surface area contributed by atoms with Gasteiger partial charge in [-0.15, -0.1) is 0 Å². The Morgan fingerprint density at radius 1 is 1.05 bits per heavy atom. The molecule has 3 aromatic carbocycles. The minimum atomic E-state index is -0.540. The molecule has 0 spiro atoms. The maximum Gasteiger partial charge on any atom is 0.228 e. The highest BCUT2D eigenvalue weighted by molar-refractivity contribution is 6.38. The first-order valence-electron chi connectivity index (χ1n) is 13.8. The fourth-order valence-corrected chi connectivity index (χ4v) is 7.04. The molecular weight excluding hydrogens is 550 g/mol. The third-order valence-corrected chi connectivity index (χ3v) is 9.38. The minimum absolute atomic E-state index is 0.00722. The molecule has 10 heteroatoms. The van der Waals surface area contributed by atoms with Crippen LogP contribution in [0.1, 0.15) is 19.3 Å². The SMILES string of the molecule is CN(C)C1CN(c2nc(N3CC4CCCC3CN4)c3cc(Cl)c(-c4cc(O)cc5cccc(Cl)c45)c(F)c3n2)C1. The lowest BCUT2D eigenvalue weighted by Crippen LogP contribution is -2.58. The minimum Gasteiger partial charge on any atom is -0.508 e. The van der Waals surface area contributed by atoms with Crippen molar-refractivity contribution in [3.63, 3.8) is 0 Å². The van der Waals surface area contributed by atoms with Gasteiger partial charge >= 0.3 is 0 Å². The Morgan fingerprint density at radius 3 is 2.67 bits per heavy atom. The summed E-state index contributed by atoms with van der Waals surface area (Å²) in [7, 11) is 4.13. The van der Waals surface area contributed by atoms with E-state index in [0.29, 0.717) is 44.8 Å². The van der Waals surface area contributed by atoms with Gasteiger partial charge in [0.25, 0.3) is 0 Å². The van der Waals surface area contributed by atoms with Gasteiger partial charge in [-0.3, -0.25) is 0 Å². The van der Waals surface area contributed by atoms with Gasteiger partial charge in [0.15, 0.2) is 5.82 Å². The third-order valence-electron chi connectivity index (χ3n) is 8.77. The molecule has 2 unspecified atom stereocenters. The summed E-state index contributed by atoms with van der Waals surface area (Å²) in [4.78, 5) is 16.5. The molecule has 5 heterocycles. The van der Waals surface area contributed by atoms with Crippen molar-refractivity contribution in [2.75, 3.05) is 50.1 Å². The first-order chi connectivity index (χ1) is 19.3. The number of piperazine rings is 1. The quantitative estimate of drug-likeness (QED) is 0.322. The number of nitrogens with zero attached hydrogens (tertiary/aromatic N) is 5. The van der Waals surface area contributed by atoms with E-state index in [1.807, 2.05) is 6.07 Å². The van der Waals surface area contributed by atoms with Crippen molar-refractivity contribution in [2.45, 2.75) is 37.4 Å². The highest BCUT2D eigenvalue weighted by Gasteiger charge is 2.36. The number of phenols is 1. The summed E-state index contributed by atoms with van der Waals surface area (Å²) in [6.07, 6.45) is 3.32. The highest BCUT2D eigenvalue weighted by Crippen LogP contribution is 2.45. The molecule has 4 fully saturated rings. The molecular formula is C30H31Cl2FN6O. The molecule has 8 rings (SSSR count). The van der Waals surface area contributed by atoms with Crippen molar-refractivity contribution in [2.24, 2.45) is 0 Å². The van der Waals surface area contributed by atoms with E-state index >= 15 is 4.39 Å². The molecule has 4 saturated heterocycles. The number of halogens is 3. The molecule has 2 atom stereocenters. The predicted molar refractivity (Wildman–Crippen MR) is 161 cm³/mol. The number of aromatic nitrogens is 2. The Kier molecular flexibility index (Phi) is 6.42. The van der Waals surface area contributed by atoms with Crippen LogP contribution in [0, 0.1) is 5.82 Å². The van der Waals surface area contributed by atoms with Crippen LogP contribution in [0.4, 0.5) is 16.2 Å². The van der Waals surface area contributed by atoms with Crippen LogP contribution in [0.2, 0.25) is 10.0 Å². The van der Waals surface area contributed by atoms with E-state index in [0.717, 1.165) is 51.3 Å². The number of fused-ring (bicyclic) bond motifs is 6. The summed E-state index contributed by atoms with van der Waals surface area (Å²) >= 11 is 13.5. The number of likely N-dealkylation sites (N-methyl/N-ethyl adjacent to an activating group) is 1. The Bertz CT molecular complexity index is 1640. The van der Waals surface area contributed by atoms with Gasteiger partial charge in [-0.05, 0) is 68.6 Å². The average Bonchev–Trinajstić information content (AvgIpc) is 3.23. The molecule has 208 valence electrons. The summed E-state index contributed by atoms with van der Waals surface area (Å²) in [6.45, 7) is 3.24. The van der Waals surface area contributed by atoms with Crippen molar-refractivity contribution < 1.29 is 9.50 Å². The van der Waals surface area contributed by atoms with Crippen molar-refractivity contribution in [3.8, 4) is 16.9 Å². The van der Waals surface area contributed by atoms with Crippen molar-refractivity contribution in [1.29, 1.82) is 0 Å². The van der Waals surface area contributed by atoms with E-state index in [2.05, 4.69) is 34.1 Å². The Morgan fingerprint density at radius 2 is 1.88 bits per heavy atom. The van der Waals surface area contributed by atoms with E-state index in [-0.39, 0.29) is 27.9 Å². The molecule has 7 nitrogen and oxygen atoms in total. The lowest BCUT2D eigenvalue weighted by Gasteiger charge is -2.43. The Balaban J connectivity index is 1.46. The summed E-state index contributed by atoms with van der Waals surface area (Å²) in [5.74, 6) is 0.729. The van der Waals surface area contributed by atoms with Gasteiger partial charge in [0.1, 0.15) is 17.1 Å². The molecule has 1 aromatic heterocycles. The van der Waals surface area contributed by atoms with Gasteiger partial charge in [-0.25, -0.2) is 9.37 Å². The zero-order chi connectivity index (χ0) is 27.7. The smallest absolute Gasteiger partial charge is 0.228 e. The summed E-state index contributed by atoms with van der Waals surface area (Å²) in [6, 6.07) is 11.3. The monoisotopic (exact) mass is 580 g/mol. The van der Waals surface area contributed by atoms with Crippen LogP contribution < -0.4 is 15.1 Å². The molecule has 0 saturated carbocycles. The van der Waals surface area contributed by atoms with Crippen molar-refractivity contribution in [1.82, 2.24) is 20.2 Å². The zero-order valence-electron chi connectivity index (χ0n) is 22.5. The molecule has 4 aliphatic heterocycles. The van der Waals surface area contributed by atoms with Gasteiger partial charge < -0.3 is 25.1 Å². The molecule has 2 N–H and O–H groups in total. The molecule has 2 bridgehead atoms. The Hall–Kier alpha value is -2.91. The molecule has 4 aliphatic rings. The van der Waals surface area contributed by atoms with E-state index in [1.165, 1.54) is 6.07 Å². The number of nitrogens with one attached hydrogen (secondary N) is 1. The van der Waals surface area contributed by atoms with Crippen LogP contribution in [-0.2, 0) is 0 Å². The normalized spacial score (nSPS) is 21.4. The lowest BCUT2D eigenvalue weighted by molar-refractivity contribution is 0.245. The molecule has 0 aliphatic carbocycles. The second kappa shape index (κ2) is 9.87. The van der Waals surface area contributed by atoms with Crippen LogP contribution >= 0.6 is 23.2 Å². The second-order valence-electron chi connectivity index (χ2n) is 11.5. The number of benzene rings is 3. The zero-order valence-corrected chi connectivity index (χ0v) is 24.0. The highest BCUT2D eigenvalue weighted by atomic mass is 35.5. The topological polar surface area (TPSA) is 67.8 Å². The van der Waals surface area contributed by atoms with Crippen LogP contribution in [-0.4, -0.2) is 78.4 Å². The fraction of sp³-hybridized carbons (Fsp3) is 0.400. The largest absolute Gasteiger partial charge is 0.508 e. The number of aromatic hydroxyl groups is 1. The van der Waals surface area contributed by atoms with Crippen LogP contribution in [0.5, 0.6) is 5.75 Å². The van der Waals surface area contributed by atoms with Crippen molar-refractivity contribution >= 4 is 56.6 Å². The number of phenolic OH excluding ortho intramolecular Hbond substituents is 1. The number of hydrogen-bond acceptors (Lipinski definition) is 7. The number of rotatable bonds is 4.